The van der Waals surface area contributed by atoms with Crippen LogP contribution in [0.3, 0.4) is 0 Å². The molecule has 208 valence electrons. The van der Waals surface area contributed by atoms with E-state index in [1.165, 1.54) is 0 Å². The molecule has 9 heteroatoms. The fraction of sp³-hybridized carbons (Fsp3) is 0.355. The second-order valence-corrected chi connectivity index (χ2v) is 10.6. The van der Waals surface area contributed by atoms with Crippen LogP contribution in [0.2, 0.25) is 0 Å². The Hall–Kier alpha value is -4.24. The van der Waals surface area contributed by atoms with Gasteiger partial charge in [-0.2, -0.15) is 5.10 Å². The van der Waals surface area contributed by atoms with Crippen LogP contribution >= 0.6 is 0 Å². The molecule has 5 rings (SSSR count). The molecule has 0 spiro atoms. The van der Waals surface area contributed by atoms with Crippen molar-refractivity contribution in [2.75, 3.05) is 19.0 Å². The van der Waals surface area contributed by atoms with Gasteiger partial charge in [-0.1, -0.05) is 24.3 Å². The molecule has 2 amide bonds. The lowest BCUT2D eigenvalue weighted by atomic mass is 9.81. The van der Waals surface area contributed by atoms with Crippen LogP contribution in [0.1, 0.15) is 36.9 Å². The quantitative estimate of drug-likeness (QED) is 0.249. The van der Waals surface area contributed by atoms with Gasteiger partial charge < -0.3 is 21.1 Å². The molecule has 40 heavy (non-hydrogen) atoms. The molecule has 0 aliphatic heterocycles. The normalized spacial score (nSPS) is 17.8. The summed E-state index contributed by atoms with van der Waals surface area (Å²) in [6.45, 7) is 2.60. The van der Waals surface area contributed by atoms with Gasteiger partial charge in [-0.25, -0.2) is 4.98 Å². The van der Waals surface area contributed by atoms with Crippen LogP contribution in [0, 0.1) is 18.8 Å². The highest BCUT2D eigenvalue weighted by molar-refractivity contribution is 5.99. The summed E-state index contributed by atoms with van der Waals surface area (Å²) in [7, 11) is 1.60. The number of anilines is 1. The number of H-pyrrole nitrogens is 1. The van der Waals surface area contributed by atoms with Crippen LogP contribution in [0.5, 0.6) is 5.88 Å². The van der Waals surface area contributed by atoms with Crippen molar-refractivity contribution in [1.82, 2.24) is 20.5 Å². The number of nitrogens with one attached hydrogen (secondary N) is 3. The average molecular weight is 541 g/mol. The Morgan fingerprint density at radius 3 is 2.55 bits per heavy atom. The molecule has 2 aromatic heterocycles. The number of carbonyl (C=O) groups excluding carboxylic acids is 2. The standard InChI is InChI=1S/C31H36N6O3/c1-19-26(13-14-29(34-19)40-2)22-7-3-20(4-8-22)15-28(36-30(38)23-9-5-21(17-32)6-10-23)31(39)35-25-12-11-24-18-33-37-27(24)16-25/h3-4,7-8,11-14,16,18,21,23,28H,5-6,9-10,15,17,32H2,1-2H3,(H,33,37)(H,35,39)(H,36,38)/t21?,23?,28-/m0/s1. The van der Waals surface area contributed by atoms with Gasteiger partial charge in [-0.05, 0) is 80.5 Å². The van der Waals surface area contributed by atoms with Gasteiger partial charge in [-0.3, -0.25) is 14.7 Å². The van der Waals surface area contributed by atoms with Crippen LogP contribution < -0.4 is 21.1 Å². The molecule has 1 atom stereocenters. The number of fused-ring (bicyclic) bond motifs is 1. The molecule has 5 N–H and O–H groups in total. The first-order chi connectivity index (χ1) is 19.4. The molecule has 0 radical (unpaired) electrons. The highest BCUT2D eigenvalue weighted by Gasteiger charge is 2.29. The molecular formula is C31H36N6O3. The summed E-state index contributed by atoms with van der Waals surface area (Å²) >= 11 is 0. The van der Waals surface area contributed by atoms with Crippen molar-refractivity contribution in [1.29, 1.82) is 0 Å². The number of methoxy groups -OCH3 is 1. The zero-order chi connectivity index (χ0) is 28.1. The Kier molecular flexibility index (Phi) is 8.40. The molecule has 2 heterocycles. The molecule has 1 saturated carbocycles. The van der Waals surface area contributed by atoms with Crippen molar-refractivity contribution in [3.8, 4) is 17.0 Å². The number of rotatable bonds is 9. The van der Waals surface area contributed by atoms with Gasteiger partial charge in [0.1, 0.15) is 6.04 Å². The number of aryl methyl sites for hydroxylation is 1. The van der Waals surface area contributed by atoms with E-state index in [9.17, 15) is 9.59 Å². The maximum atomic E-state index is 13.5. The Morgan fingerprint density at radius 2 is 1.85 bits per heavy atom. The maximum absolute atomic E-state index is 13.5. The van der Waals surface area contributed by atoms with Crippen LogP contribution in [0.4, 0.5) is 5.69 Å². The first-order valence-electron chi connectivity index (χ1n) is 13.8. The number of ether oxygens (including phenoxy) is 1. The summed E-state index contributed by atoms with van der Waals surface area (Å²) in [5, 5.41) is 14.0. The molecule has 1 fully saturated rings. The van der Waals surface area contributed by atoms with Crippen molar-refractivity contribution < 1.29 is 14.3 Å². The lowest BCUT2D eigenvalue weighted by Crippen LogP contribution is -2.48. The molecule has 2 aromatic carbocycles. The molecule has 1 aliphatic rings. The van der Waals surface area contributed by atoms with Crippen molar-refractivity contribution in [3.63, 3.8) is 0 Å². The Balaban J connectivity index is 1.33. The predicted molar refractivity (Wildman–Crippen MR) is 156 cm³/mol. The number of carbonyl (C=O) groups is 2. The number of pyridine rings is 1. The number of aromatic amines is 1. The van der Waals surface area contributed by atoms with E-state index in [-0.39, 0.29) is 17.7 Å². The van der Waals surface area contributed by atoms with Gasteiger partial charge in [0.05, 0.1) is 18.8 Å². The van der Waals surface area contributed by atoms with Gasteiger partial charge >= 0.3 is 0 Å². The van der Waals surface area contributed by atoms with Gasteiger partial charge in [0.2, 0.25) is 17.7 Å². The minimum atomic E-state index is -0.729. The van der Waals surface area contributed by atoms with E-state index >= 15 is 0 Å². The van der Waals surface area contributed by atoms with E-state index in [2.05, 4.69) is 25.8 Å². The number of nitrogens with two attached hydrogens (primary N) is 1. The summed E-state index contributed by atoms with van der Waals surface area (Å²) in [6.07, 6.45) is 5.57. The Bertz CT molecular complexity index is 1470. The van der Waals surface area contributed by atoms with E-state index in [0.29, 0.717) is 30.5 Å². The highest BCUT2D eigenvalue weighted by Crippen LogP contribution is 2.29. The first-order valence-corrected chi connectivity index (χ1v) is 13.8. The molecule has 0 unspecified atom stereocenters. The van der Waals surface area contributed by atoms with E-state index in [1.807, 2.05) is 61.5 Å². The van der Waals surface area contributed by atoms with Crippen LogP contribution in [-0.4, -0.2) is 46.7 Å². The summed E-state index contributed by atoms with van der Waals surface area (Å²) in [6, 6.07) is 16.7. The smallest absolute Gasteiger partial charge is 0.247 e. The van der Waals surface area contributed by atoms with Gasteiger partial charge in [0, 0.05) is 40.7 Å². The van der Waals surface area contributed by atoms with E-state index in [1.54, 1.807) is 13.3 Å². The Labute approximate surface area is 233 Å². The average Bonchev–Trinajstić information content (AvgIpc) is 3.45. The monoisotopic (exact) mass is 540 g/mol. The summed E-state index contributed by atoms with van der Waals surface area (Å²) in [5.74, 6) is 0.611. The number of hydrogen-bond donors (Lipinski definition) is 4. The molecule has 9 nitrogen and oxygen atoms in total. The fourth-order valence-electron chi connectivity index (χ4n) is 5.42. The summed E-state index contributed by atoms with van der Waals surface area (Å²) in [4.78, 5) is 31.2. The lowest BCUT2D eigenvalue weighted by molar-refractivity contribution is -0.130. The predicted octanol–water partition coefficient (Wildman–Crippen LogP) is 4.37. The summed E-state index contributed by atoms with van der Waals surface area (Å²) in [5.41, 5.74) is 11.1. The van der Waals surface area contributed by atoms with Gasteiger partial charge in [0.15, 0.2) is 0 Å². The number of hydrogen-bond acceptors (Lipinski definition) is 6. The minimum absolute atomic E-state index is 0.0730. The third-order valence-corrected chi connectivity index (χ3v) is 7.87. The number of benzene rings is 2. The summed E-state index contributed by atoms with van der Waals surface area (Å²) < 4.78 is 5.22. The van der Waals surface area contributed by atoms with E-state index in [0.717, 1.165) is 59.0 Å². The second-order valence-electron chi connectivity index (χ2n) is 10.6. The number of nitrogens with zero attached hydrogens (tertiary/aromatic N) is 2. The van der Waals surface area contributed by atoms with Crippen LogP contribution in [0.25, 0.3) is 22.0 Å². The van der Waals surface area contributed by atoms with Gasteiger partial charge in [-0.15, -0.1) is 0 Å². The van der Waals surface area contributed by atoms with Crippen molar-refractivity contribution in [2.45, 2.75) is 45.1 Å². The zero-order valence-electron chi connectivity index (χ0n) is 22.9. The zero-order valence-corrected chi connectivity index (χ0v) is 22.9. The largest absolute Gasteiger partial charge is 0.481 e. The number of aromatic nitrogens is 3. The second kappa shape index (κ2) is 12.3. The van der Waals surface area contributed by atoms with E-state index in [4.69, 9.17) is 10.5 Å². The lowest BCUT2D eigenvalue weighted by Gasteiger charge is -2.28. The third kappa shape index (κ3) is 6.31. The van der Waals surface area contributed by atoms with Crippen molar-refractivity contribution in [3.05, 3.63) is 72.1 Å². The SMILES string of the molecule is COc1ccc(-c2ccc(C[C@H](NC(=O)C3CCC(CN)CC3)C(=O)Nc3ccc4cn[nH]c4c3)cc2)c(C)n1. The van der Waals surface area contributed by atoms with E-state index < -0.39 is 6.04 Å². The highest BCUT2D eigenvalue weighted by atomic mass is 16.5. The van der Waals surface area contributed by atoms with Crippen LogP contribution in [0.15, 0.2) is 60.8 Å². The molecule has 4 aromatic rings. The molecule has 0 saturated heterocycles. The van der Waals surface area contributed by atoms with Crippen LogP contribution in [-0.2, 0) is 16.0 Å². The maximum Gasteiger partial charge on any atom is 0.247 e. The minimum Gasteiger partial charge on any atom is -0.481 e. The van der Waals surface area contributed by atoms with Gasteiger partial charge in [0.25, 0.3) is 0 Å². The molecular weight excluding hydrogens is 504 g/mol. The Morgan fingerprint density at radius 1 is 1.07 bits per heavy atom. The van der Waals surface area contributed by atoms with Crippen molar-refractivity contribution >= 4 is 28.4 Å². The number of amides is 2. The fourth-order valence-corrected chi connectivity index (χ4v) is 5.42. The molecule has 1 aliphatic carbocycles. The first kappa shape index (κ1) is 27.3. The third-order valence-electron chi connectivity index (χ3n) is 7.87. The molecule has 0 bridgehead atoms. The van der Waals surface area contributed by atoms with Crippen molar-refractivity contribution in [2.24, 2.45) is 17.6 Å². The topological polar surface area (TPSA) is 135 Å².